The van der Waals surface area contributed by atoms with Crippen molar-refractivity contribution >= 4 is 23.8 Å². The lowest BCUT2D eigenvalue weighted by molar-refractivity contribution is -0.142. The Bertz CT molecular complexity index is 316. The largest absolute Gasteiger partial charge is 0.481 e. The van der Waals surface area contributed by atoms with Gasteiger partial charge in [0, 0.05) is 24.9 Å². The number of nitrogens with zero attached hydrogens (tertiary/aromatic N) is 1. The van der Waals surface area contributed by atoms with Gasteiger partial charge in [0.15, 0.2) is 0 Å². The van der Waals surface area contributed by atoms with E-state index in [1.807, 2.05) is 16.7 Å². The summed E-state index contributed by atoms with van der Waals surface area (Å²) in [6.07, 6.45) is 3.37. The first-order valence-electron chi connectivity index (χ1n) is 6.54. The average Bonchev–Trinajstić information content (AvgIpc) is 2.63. The lowest BCUT2D eigenvalue weighted by Crippen LogP contribution is -2.48. The van der Waals surface area contributed by atoms with E-state index in [2.05, 4.69) is 5.32 Å². The second kappa shape index (κ2) is 6.31. The lowest BCUT2D eigenvalue weighted by atomic mass is 10.0. The third-order valence-electron chi connectivity index (χ3n) is 3.65. The van der Waals surface area contributed by atoms with E-state index in [0.29, 0.717) is 6.42 Å². The van der Waals surface area contributed by atoms with E-state index in [1.165, 1.54) is 0 Å². The van der Waals surface area contributed by atoms with Crippen LogP contribution in [0.2, 0.25) is 0 Å². The van der Waals surface area contributed by atoms with E-state index >= 15 is 0 Å². The Morgan fingerprint density at radius 3 is 2.78 bits per heavy atom. The Morgan fingerprint density at radius 1 is 1.17 bits per heavy atom. The summed E-state index contributed by atoms with van der Waals surface area (Å²) in [4.78, 5) is 25.0. The number of carboxylic acid groups (broad SMARTS) is 1. The molecule has 102 valence electrons. The van der Waals surface area contributed by atoms with E-state index in [1.54, 1.807) is 0 Å². The summed E-state index contributed by atoms with van der Waals surface area (Å²) in [5.74, 6) is 0.880. The standard InChI is InChI=1S/C12H20N2O3S/c15-11(16)9-3-1-4-10(9)13-12(17)14-5-2-7-18-8-6-14/h9-10H,1-8H2,(H,13,17)(H,15,16). The quantitative estimate of drug-likeness (QED) is 0.797. The molecule has 1 saturated carbocycles. The van der Waals surface area contributed by atoms with Crippen molar-refractivity contribution in [1.82, 2.24) is 10.2 Å². The molecule has 2 atom stereocenters. The van der Waals surface area contributed by atoms with E-state index < -0.39 is 11.9 Å². The highest BCUT2D eigenvalue weighted by molar-refractivity contribution is 7.99. The highest BCUT2D eigenvalue weighted by Crippen LogP contribution is 2.26. The molecule has 2 amide bonds. The van der Waals surface area contributed by atoms with Crippen molar-refractivity contribution in [1.29, 1.82) is 0 Å². The number of thioether (sulfide) groups is 1. The molecule has 0 bridgehead atoms. The topological polar surface area (TPSA) is 69.6 Å². The average molecular weight is 272 g/mol. The number of rotatable bonds is 2. The maximum Gasteiger partial charge on any atom is 0.317 e. The molecule has 2 N–H and O–H groups in total. The Balaban J connectivity index is 1.87. The highest BCUT2D eigenvalue weighted by atomic mass is 32.2. The van der Waals surface area contributed by atoms with Gasteiger partial charge in [-0.15, -0.1) is 0 Å². The van der Waals surface area contributed by atoms with Crippen LogP contribution in [0.4, 0.5) is 4.79 Å². The van der Waals surface area contributed by atoms with Crippen molar-refractivity contribution in [2.24, 2.45) is 5.92 Å². The number of hydrogen-bond acceptors (Lipinski definition) is 3. The minimum atomic E-state index is -0.788. The van der Waals surface area contributed by atoms with Crippen LogP contribution in [0.1, 0.15) is 25.7 Å². The fraction of sp³-hybridized carbons (Fsp3) is 0.833. The first-order valence-corrected chi connectivity index (χ1v) is 7.70. The molecule has 2 fully saturated rings. The molecule has 2 rings (SSSR count). The number of nitrogens with one attached hydrogen (secondary N) is 1. The van der Waals surface area contributed by atoms with Crippen molar-refractivity contribution < 1.29 is 14.7 Å². The molecule has 1 saturated heterocycles. The number of carbonyl (C=O) groups excluding carboxylic acids is 1. The fourth-order valence-corrected chi connectivity index (χ4v) is 3.51. The first-order chi connectivity index (χ1) is 8.68. The van der Waals surface area contributed by atoms with E-state index in [9.17, 15) is 9.59 Å². The second-order valence-corrected chi connectivity index (χ2v) is 6.11. The molecular weight excluding hydrogens is 252 g/mol. The maximum absolute atomic E-state index is 12.1. The Hall–Kier alpha value is -0.910. The third kappa shape index (κ3) is 3.31. The van der Waals surface area contributed by atoms with Crippen LogP contribution in [-0.4, -0.2) is 52.6 Å². The van der Waals surface area contributed by atoms with Crippen LogP contribution in [0.25, 0.3) is 0 Å². The molecule has 0 radical (unpaired) electrons. The zero-order valence-electron chi connectivity index (χ0n) is 10.4. The smallest absolute Gasteiger partial charge is 0.317 e. The van der Waals surface area contributed by atoms with Crippen molar-refractivity contribution in [2.45, 2.75) is 31.7 Å². The van der Waals surface area contributed by atoms with Gasteiger partial charge in [-0.3, -0.25) is 4.79 Å². The summed E-state index contributed by atoms with van der Waals surface area (Å²) >= 11 is 1.87. The SMILES string of the molecule is O=C(O)C1CCCC1NC(=O)N1CCCSCC1. The molecule has 0 spiro atoms. The Morgan fingerprint density at radius 2 is 2.00 bits per heavy atom. The van der Waals surface area contributed by atoms with E-state index in [4.69, 9.17) is 5.11 Å². The summed E-state index contributed by atoms with van der Waals surface area (Å²) in [5.41, 5.74) is 0. The lowest BCUT2D eigenvalue weighted by Gasteiger charge is -2.25. The number of urea groups is 1. The van der Waals surface area contributed by atoms with Crippen LogP contribution >= 0.6 is 11.8 Å². The molecule has 6 heteroatoms. The minimum absolute atomic E-state index is 0.0874. The predicted molar refractivity (Wildman–Crippen MR) is 70.8 cm³/mol. The van der Waals surface area contributed by atoms with Crippen LogP contribution in [0, 0.1) is 5.92 Å². The zero-order chi connectivity index (χ0) is 13.0. The van der Waals surface area contributed by atoms with Crippen molar-refractivity contribution in [3.8, 4) is 0 Å². The Labute approximate surface area is 111 Å². The number of carboxylic acids is 1. The fourth-order valence-electron chi connectivity index (χ4n) is 2.63. The monoisotopic (exact) mass is 272 g/mol. The molecule has 0 aromatic carbocycles. The summed E-state index contributed by atoms with van der Waals surface area (Å²) in [6, 6.07) is -0.276. The van der Waals surface area contributed by atoms with Gasteiger partial charge in [-0.05, 0) is 25.0 Å². The number of hydrogen-bond donors (Lipinski definition) is 2. The van der Waals surface area contributed by atoms with Gasteiger partial charge < -0.3 is 15.3 Å². The molecule has 0 aromatic heterocycles. The predicted octanol–water partition coefficient (Wildman–Crippen LogP) is 1.39. The second-order valence-electron chi connectivity index (χ2n) is 4.88. The summed E-state index contributed by atoms with van der Waals surface area (Å²) in [7, 11) is 0. The first kappa shape index (κ1) is 13.5. The van der Waals surface area contributed by atoms with Gasteiger partial charge in [-0.2, -0.15) is 11.8 Å². The number of amides is 2. The van der Waals surface area contributed by atoms with E-state index in [-0.39, 0.29) is 12.1 Å². The molecule has 0 aromatic rings. The number of carbonyl (C=O) groups is 2. The molecule has 5 nitrogen and oxygen atoms in total. The van der Waals surface area contributed by atoms with Gasteiger partial charge >= 0.3 is 12.0 Å². The van der Waals surface area contributed by atoms with E-state index in [0.717, 1.165) is 43.9 Å². The molecular formula is C12H20N2O3S. The molecule has 1 heterocycles. The van der Waals surface area contributed by atoms with Crippen molar-refractivity contribution in [2.75, 3.05) is 24.6 Å². The molecule has 1 aliphatic carbocycles. The normalized spacial score (nSPS) is 28.8. The van der Waals surface area contributed by atoms with Crippen LogP contribution in [0.5, 0.6) is 0 Å². The third-order valence-corrected chi connectivity index (χ3v) is 4.70. The summed E-state index contributed by atoms with van der Waals surface area (Å²) < 4.78 is 0. The van der Waals surface area contributed by atoms with Gasteiger partial charge in [0.1, 0.15) is 0 Å². The van der Waals surface area contributed by atoms with Crippen LogP contribution in [0.15, 0.2) is 0 Å². The van der Waals surface area contributed by atoms with Gasteiger partial charge in [0.05, 0.1) is 5.92 Å². The maximum atomic E-state index is 12.1. The molecule has 1 aliphatic heterocycles. The molecule has 18 heavy (non-hydrogen) atoms. The summed E-state index contributed by atoms with van der Waals surface area (Å²) in [6.45, 7) is 1.55. The van der Waals surface area contributed by atoms with Crippen molar-refractivity contribution in [3.63, 3.8) is 0 Å². The minimum Gasteiger partial charge on any atom is -0.481 e. The van der Waals surface area contributed by atoms with Crippen molar-refractivity contribution in [3.05, 3.63) is 0 Å². The van der Waals surface area contributed by atoms with Gasteiger partial charge in [-0.1, -0.05) is 6.42 Å². The molecule has 2 aliphatic rings. The summed E-state index contributed by atoms with van der Waals surface area (Å²) in [5, 5.41) is 12.0. The van der Waals surface area contributed by atoms with Crippen LogP contribution in [0.3, 0.4) is 0 Å². The molecule has 2 unspecified atom stereocenters. The Kier molecular flexibility index (Phi) is 4.74. The highest BCUT2D eigenvalue weighted by Gasteiger charge is 2.34. The zero-order valence-corrected chi connectivity index (χ0v) is 11.2. The van der Waals surface area contributed by atoms with Crippen LogP contribution in [-0.2, 0) is 4.79 Å². The number of aliphatic carboxylic acids is 1. The van der Waals surface area contributed by atoms with Gasteiger partial charge in [0.2, 0.25) is 0 Å². The van der Waals surface area contributed by atoms with Crippen LogP contribution < -0.4 is 5.32 Å². The van der Waals surface area contributed by atoms with Gasteiger partial charge in [-0.25, -0.2) is 4.79 Å². The van der Waals surface area contributed by atoms with Gasteiger partial charge in [0.25, 0.3) is 0 Å².